The molecule has 13 heavy (non-hydrogen) atoms. The lowest BCUT2D eigenvalue weighted by Gasteiger charge is -2.23. The highest BCUT2D eigenvalue weighted by Crippen LogP contribution is 2.45. The lowest BCUT2D eigenvalue weighted by atomic mass is 9.86. The average molecular weight is 182 g/mol. The largest absolute Gasteiger partial charge is 0.303 e. The summed E-state index contributed by atoms with van der Waals surface area (Å²) >= 11 is 0. The minimum Gasteiger partial charge on any atom is -0.303 e. The standard InChI is InChI=1S/C11H20NO/c13-9-3-7-12-8-6-11(10-12)4-1-2-5-11/h1-10H2. The zero-order chi connectivity index (χ0) is 9.15. The quantitative estimate of drug-likeness (QED) is 0.655. The zero-order valence-electron chi connectivity index (χ0n) is 8.43. The Labute approximate surface area is 80.9 Å². The highest BCUT2D eigenvalue weighted by atomic mass is 16.3. The monoisotopic (exact) mass is 182 g/mol. The summed E-state index contributed by atoms with van der Waals surface area (Å²) in [7, 11) is 0. The second kappa shape index (κ2) is 3.97. The van der Waals surface area contributed by atoms with Crippen LogP contribution in [0.3, 0.4) is 0 Å². The number of nitrogens with zero attached hydrogens (tertiary/aromatic N) is 1. The number of hydrogen-bond donors (Lipinski definition) is 0. The van der Waals surface area contributed by atoms with Gasteiger partial charge in [-0.1, -0.05) is 12.8 Å². The van der Waals surface area contributed by atoms with Gasteiger partial charge in [0.2, 0.25) is 0 Å². The van der Waals surface area contributed by atoms with Crippen LogP contribution < -0.4 is 0 Å². The second-order valence-corrected chi connectivity index (χ2v) is 4.79. The van der Waals surface area contributed by atoms with E-state index < -0.39 is 0 Å². The van der Waals surface area contributed by atoms with Gasteiger partial charge in [0.1, 0.15) is 0 Å². The molecule has 0 atom stereocenters. The number of hydrogen-bond acceptors (Lipinski definition) is 1. The average Bonchev–Trinajstić information content (AvgIpc) is 2.74. The summed E-state index contributed by atoms with van der Waals surface area (Å²) in [5.74, 6) is 0. The molecule has 1 saturated heterocycles. The Morgan fingerprint density at radius 3 is 2.62 bits per heavy atom. The first-order chi connectivity index (χ1) is 6.35. The molecule has 1 aliphatic heterocycles. The number of likely N-dealkylation sites (tertiary alicyclic amines) is 1. The van der Waals surface area contributed by atoms with Gasteiger partial charge in [-0.3, -0.25) is 0 Å². The first-order valence-electron chi connectivity index (χ1n) is 5.65. The SMILES string of the molecule is [O]CCCN1CCC2(CCCC2)C1. The van der Waals surface area contributed by atoms with Gasteiger partial charge in [0.05, 0.1) is 6.61 Å². The molecule has 0 aromatic heterocycles. The molecule has 0 aromatic rings. The van der Waals surface area contributed by atoms with Crippen LogP contribution in [0.4, 0.5) is 0 Å². The van der Waals surface area contributed by atoms with E-state index in [0.29, 0.717) is 5.41 Å². The maximum absolute atomic E-state index is 10.4. The maximum atomic E-state index is 10.4. The normalized spacial score (nSPS) is 27.5. The van der Waals surface area contributed by atoms with E-state index in [1.807, 2.05) is 0 Å². The van der Waals surface area contributed by atoms with Crippen LogP contribution in [0.1, 0.15) is 38.5 Å². The molecule has 0 amide bonds. The molecule has 2 heteroatoms. The van der Waals surface area contributed by atoms with E-state index in [1.165, 1.54) is 45.2 Å². The number of rotatable bonds is 3. The van der Waals surface area contributed by atoms with Crippen molar-refractivity contribution in [1.29, 1.82) is 0 Å². The van der Waals surface area contributed by atoms with Crippen LogP contribution in [-0.4, -0.2) is 31.1 Å². The van der Waals surface area contributed by atoms with Crippen LogP contribution >= 0.6 is 0 Å². The molecule has 1 saturated carbocycles. The van der Waals surface area contributed by atoms with E-state index in [4.69, 9.17) is 0 Å². The van der Waals surface area contributed by atoms with E-state index in [2.05, 4.69) is 4.90 Å². The van der Waals surface area contributed by atoms with Crippen molar-refractivity contribution >= 4 is 0 Å². The Hall–Kier alpha value is -0.0800. The van der Waals surface area contributed by atoms with E-state index >= 15 is 0 Å². The van der Waals surface area contributed by atoms with E-state index in [-0.39, 0.29) is 6.61 Å². The predicted molar refractivity (Wildman–Crippen MR) is 52.1 cm³/mol. The summed E-state index contributed by atoms with van der Waals surface area (Å²) in [6.07, 6.45) is 8.01. The van der Waals surface area contributed by atoms with Gasteiger partial charge in [-0.2, -0.15) is 0 Å². The fourth-order valence-electron chi connectivity index (χ4n) is 3.04. The molecule has 75 valence electrons. The van der Waals surface area contributed by atoms with Gasteiger partial charge in [0.25, 0.3) is 0 Å². The molecule has 0 N–H and O–H groups in total. The second-order valence-electron chi connectivity index (χ2n) is 4.79. The summed E-state index contributed by atoms with van der Waals surface area (Å²) in [6, 6.07) is 0. The van der Waals surface area contributed by atoms with Crippen molar-refractivity contribution in [3.8, 4) is 0 Å². The van der Waals surface area contributed by atoms with Gasteiger partial charge in [-0.05, 0) is 37.6 Å². The fraction of sp³-hybridized carbons (Fsp3) is 1.00. The van der Waals surface area contributed by atoms with E-state index in [0.717, 1.165) is 13.0 Å². The molecule has 0 aromatic carbocycles. The van der Waals surface area contributed by atoms with Crippen LogP contribution in [-0.2, 0) is 5.11 Å². The van der Waals surface area contributed by atoms with Crippen molar-refractivity contribution in [2.24, 2.45) is 5.41 Å². The van der Waals surface area contributed by atoms with Crippen molar-refractivity contribution in [2.45, 2.75) is 38.5 Å². The Bertz CT molecular complexity index is 163. The Morgan fingerprint density at radius 1 is 1.15 bits per heavy atom. The topological polar surface area (TPSA) is 23.1 Å². The minimum absolute atomic E-state index is 0.101. The van der Waals surface area contributed by atoms with Crippen LogP contribution in [0.2, 0.25) is 0 Å². The molecule has 0 unspecified atom stereocenters. The van der Waals surface area contributed by atoms with E-state index in [9.17, 15) is 5.11 Å². The van der Waals surface area contributed by atoms with Gasteiger partial charge in [-0.25, -0.2) is 5.11 Å². The minimum atomic E-state index is 0.101. The molecule has 2 rings (SSSR count). The molecule has 2 nitrogen and oxygen atoms in total. The molecule has 1 aliphatic carbocycles. The van der Waals surface area contributed by atoms with Crippen LogP contribution in [0.15, 0.2) is 0 Å². The third kappa shape index (κ3) is 2.05. The highest BCUT2D eigenvalue weighted by Gasteiger charge is 2.39. The third-order valence-electron chi connectivity index (χ3n) is 3.80. The summed E-state index contributed by atoms with van der Waals surface area (Å²) in [6.45, 7) is 3.68. The Morgan fingerprint density at radius 2 is 1.92 bits per heavy atom. The molecule has 2 aliphatic rings. The summed E-state index contributed by atoms with van der Waals surface area (Å²) in [5.41, 5.74) is 0.683. The zero-order valence-corrected chi connectivity index (χ0v) is 8.43. The molecular weight excluding hydrogens is 162 g/mol. The molecule has 0 bridgehead atoms. The van der Waals surface area contributed by atoms with Crippen molar-refractivity contribution in [1.82, 2.24) is 4.90 Å². The summed E-state index contributed by atoms with van der Waals surface area (Å²) < 4.78 is 0. The predicted octanol–water partition coefficient (Wildman–Crippen LogP) is 2.07. The van der Waals surface area contributed by atoms with Crippen molar-refractivity contribution < 1.29 is 5.11 Å². The first kappa shape index (κ1) is 9.47. The van der Waals surface area contributed by atoms with Gasteiger partial charge < -0.3 is 4.90 Å². The maximum Gasteiger partial charge on any atom is 0.0834 e. The molecule has 1 spiro atoms. The summed E-state index contributed by atoms with van der Waals surface area (Å²) in [4.78, 5) is 2.50. The van der Waals surface area contributed by atoms with Crippen molar-refractivity contribution in [3.63, 3.8) is 0 Å². The van der Waals surface area contributed by atoms with Crippen LogP contribution in [0.5, 0.6) is 0 Å². The van der Waals surface area contributed by atoms with Crippen molar-refractivity contribution in [2.75, 3.05) is 26.2 Å². The lowest BCUT2D eigenvalue weighted by Crippen LogP contribution is -2.26. The lowest BCUT2D eigenvalue weighted by molar-refractivity contribution is 0.168. The van der Waals surface area contributed by atoms with Crippen molar-refractivity contribution in [3.05, 3.63) is 0 Å². The van der Waals surface area contributed by atoms with Crippen LogP contribution in [0.25, 0.3) is 0 Å². The van der Waals surface area contributed by atoms with Gasteiger partial charge in [0.15, 0.2) is 0 Å². The fourth-order valence-corrected chi connectivity index (χ4v) is 3.04. The first-order valence-corrected chi connectivity index (χ1v) is 5.65. The highest BCUT2D eigenvalue weighted by molar-refractivity contribution is 4.92. The van der Waals surface area contributed by atoms with E-state index in [1.54, 1.807) is 0 Å². The smallest absolute Gasteiger partial charge is 0.0834 e. The molecular formula is C11H20NO. The Kier molecular flexibility index (Phi) is 2.89. The van der Waals surface area contributed by atoms with Gasteiger partial charge in [0, 0.05) is 13.1 Å². The van der Waals surface area contributed by atoms with Gasteiger partial charge >= 0.3 is 0 Å². The van der Waals surface area contributed by atoms with Crippen LogP contribution in [0, 0.1) is 5.41 Å². The Balaban J connectivity index is 1.79. The third-order valence-corrected chi connectivity index (χ3v) is 3.80. The van der Waals surface area contributed by atoms with Gasteiger partial charge in [-0.15, -0.1) is 0 Å². The summed E-state index contributed by atoms with van der Waals surface area (Å²) in [5, 5.41) is 10.4. The molecule has 2 fully saturated rings. The molecule has 1 heterocycles. The molecule has 1 radical (unpaired) electrons.